The highest BCUT2D eigenvalue weighted by Gasteiger charge is 2.12. The van der Waals surface area contributed by atoms with Crippen LogP contribution in [0.2, 0.25) is 0 Å². The van der Waals surface area contributed by atoms with E-state index in [0.717, 1.165) is 23.2 Å². The highest BCUT2D eigenvalue weighted by Crippen LogP contribution is 2.35. The lowest BCUT2D eigenvalue weighted by Gasteiger charge is -2.13. The fourth-order valence-electron chi connectivity index (χ4n) is 5.52. The Bertz CT molecular complexity index is 1700. The van der Waals surface area contributed by atoms with Crippen LogP contribution in [-0.2, 0) is 6.42 Å². The Hall–Kier alpha value is -4.49. The van der Waals surface area contributed by atoms with Gasteiger partial charge in [-0.2, -0.15) is 0 Å². The first-order chi connectivity index (χ1) is 19.8. The van der Waals surface area contributed by atoms with Crippen LogP contribution >= 0.6 is 0 Å². The molecule has 0 saturated carbocycles. The van der Waals surface area contributed by atoms with Gasteiger partial charge in [0, 0.05) is 10.9 Å². The lowest BCUT2D eigenvalue weighted by molar-refractivity contribution is 0.667. The number of hydrogen-bond acceptors (Lipinski definition) is 1. The Morgan fingerprint density at radius 1 is 0.475 bits per heavy atom. The number of fused-ring (bicyclic) bond motifs is 1. The minimum atomic E-state index is 0.994. The van der Waals surface area contributed by atoms with E-state index in [-0.39, 0.29) is 0 Å². The van der Waals surface area contributed by atoms with Crippen molar-refractivity contribution in [3.63, 3.8) is 0 Å². The maximum Gasteiger partial charge on any atom is 0.0716 e. The molecule has 0 aliphatic rings. The summed E-state index contributed by atoms with van der Waals surface area (Å²) in [6.07, 6.45) is 6.36. The molecule has 0 amide bonds. The summed E-state index contributed by atoms with van der Waals surface area (Å²) in [6.45, 7) is 2.26. The minimum absolute atomic E-state index is 0.994. The Morgan fingerprint density at radius 2 is 1.10 bits per heavy atom. The first-order valence-corrected chi connectivity index (χ1v) is 14.5. The van der Waals surface area contributed by atoms with Gasteiger partial charge in [0.1, 0.15) is 0 Å². The van der Waals surface area contributed by atoms with Gasteiger partial charge in [-0.15, -0.1) is 0 Å². The SMILES string of the molecule is CCCCCCc1ccc(-c2cccc(-c3cc(-c4ccccc4)c4cc(-c5ccccc5)ccc4n3)c2)cc1. The van der Waals surface area contributed by atoms with Crippen molar-refractivity contribution in [1.29, 1.82) is 0 Å². The van der Waals surface area contributed by atoms with Crippen molar-refractivity contribution in [1.82, 2.24) is 4.98 Å². The van der Waals surface area contributed by atoms with Crippen LogP contribution in [0.5, 0.6) is 0 Å². The fraction of sp³-hybridized carbons (Fsp3) is 0.154. The molecular weight excluding hydrogens is 482 g/mol. The van der Waals surface area contributed by atoms with Gasteiger partial charge in [0.2, 0.25) is 0 Å². The second kappa shape index (κ2) is 12.1. The molecule has 0 radical (unpaired) electrons. The van der Waals surface area contributed by atoms with Gasteiger partial charge in [-0.1, -0.05) is 135 Å². The summed E-state index contributed by atoms with van der Waals surface area (Å²) < 4.78 is 0. The average Bonchev–Trinajstić information content (AvgIpc) is 3.03. The van der Waals surface area contributed by atoms with Crippen LogP contribution in [-0.4, -0.2) is 4.98 Å². The molecule has 40 heavy (non-hydrogen) atoms. The maximum absolute atomic E-state index is 5.16. The summed E-state index contributed by atoms with van der Waals surface area (Å²) in [5.74, 6) is 0. The zero-order chi connectivity index (χ0) is 27.1. The van der Waals surface area contributed by atoms with Gasteiger partial charge in [-0.25, -0.2) is 4.98 Å². The molecule has 5 aromatic carbocycles. The molecule has 0 N–H and O–H groups in total. The normalized spacial score (nSPS) is 11.1. The molecule has 6 rings (SSSR count). The number of aryl methyl sites for hydroxylation is 1. The lowest BCUT2D eigenvalue weighted by Crippen LogP contribution is -1.91. The van der Waals surface area contributed by atoms with Crippen LogP contribution in [0.3, 0.4) is 0 Å². The van der Waals surface area contributed by atoms with Gasteiger partial charge in [-0.3, -0.25) is 0 Å². The summed E-state index contributed by atoms with van der Waals surface area (Å²) in [5, 5.41) is 1.17. The molecule has 196 valence electrons. The molecule has 1 heteroatoms. The van der Waals surface area contributed by atoms with Crippen molar-refractivity contribution >= 4 is 10.9 Å². The van der Waals surface area contributed by atoms with E-state index in [2.05, 4.69) is 140 Å². The second-order valence-corrected chi connectivity index (χ2v) is 10.6. The van der Waals surface area contributed by atoms with Gasteiger partial charge in [-0.05, 0) is 76.1 Å². The van der Waals surface area contributed by atoms with Crippen LogP contribution in [0.4, 0.5) is 0 Å². The number of hydrogen-bond donors (Lipinski definition) is 0. The Balaban J connectivity index is 1.37. The predicted octanol–water partition coefficient (Wildman–Crippen LogP) is 11.0. The summed E-state index contributed by atoms with van der Waals surface area (Å²) in [7, 11) is 0. The van der Waals surface area contributed by atoms with Crippen molar-refractivity contribution in [2.24, 2.45) is 0 Å². The van der Waals surface area contributed by atoms with E-state index in [1.54, 1.807) is 0 Å². The third-order valence-corrected chi connectivity index (χ3v) is 7.77. The van der Waals surface area contributed by atoms with E-state index in [1.807, 2.05) is 0 Å². The quantitative estimate of drug-likeness (QED) is 0.174. The van der Waals surface area contributed by atoms with Crippen molar-refractivity contribution in [2.45, 2.75) is 39.0 Å². The Labute approximate surface area is 238 Å². The van der Waals surface area contributed by atoms with Crippen LogP contribution in [0.25, 0.3) is 55.5 Å². The standard InChI is InChI=1S/C39H35N/c1-2-3-4-7-13-29-20-22-31(23-21-29)33-18-12-19-35(26-33)39-28-36(32-16-10-6-11-17-32)37-27-34(24-25-38(37)40-39)30-14-8-5-9-15-30/h5-6,8-12,14-28H,2-4,7,13H2,1H3. The minimum Gasteiger partial charge on any atom is -0.248 e. The topological polar surface area (TPSA) is 12.9 Å². The van der Waals surface area contributed by atoms with Gasteiger partial charge < -0.3 is 0 Å². The molecule has 0 spiro atoms. The molecular formula is C39H35N. The molecule has 1 aromatic heterocycles. The monoisotopic (exact) mass is 517 g/mol. The molecule has 0 unspecified atom stereocenters. The van der Waals surface area contributed by atoms with Crippen molar-refractivity contribution < 1.29 is 0 Å². The van der Waals surface area contributed by atoms with Crippen molar-refractivity contribution in [3.05, 3.63) is 139 Å². The smallest absolute Gasteiger partial charge is 0.0716 e. The molecule has 0 bridgehead atoms. The van der Waals surface area contributed by atoms with E-state index in [0.29, 0.717) is 0 Å². The number of unbranched alkanes of at least 4 members (excludes halogenated alkanes) is 3. The molecule has 0 saturated heterocycles. The zero-order valence-corrected chi connectivity index (χ0v) is 23.2. The maximum atomic E-state index is 5.16. The highest BCUT2D eigenvalue weighted by molar-refractivity contribution is 5.99. The van der Waals surface area contributed by atoms with Crippen molar-refractivity contribution in [3.8, 4) is 44.6 Å². The number of benzene rings is 5. The molecule has 0 atom stereocenters. The number of rotatable bonds is 9. The lowest BCUT2D eigenvalue weighted by atomic mass is 9.94. The van der Waals surface area contributed by atoms with Crippen LogP contribution in [0.1, 0.15) is 38.2 Å². The molecule has 0 aliphatic carbocycles. The number of pyridine rings is 1. The molecule has 1 nitrogen and oxygen atoms in total. The van der Waals surface area contributed by atoms with E-state index < -0.39 is 0 Å². The third-order valence-electron chi connectivity index (χ3n) is 7.77. The predicted molar refractivity (Wildman–Crippen MR) is 171 cm³/mol. The first kappa shape index (κ1) is 25.8. The van der Waals surface area contributed by atoms with Gasteiger partial charge in [0.15, 0.2) is 0 Å². The largest absolute Gasteiger partial charge is 0.248 e. The molecule has 0 fully saturated rings. The number of aromatic nitrogens is 1. The van der Waals surface area contributed by atoms with E-state index in [4.69, 9.17) is 4.98 Å². The van der Waals surface area contributed by atoms with E-state index >= 15 is 0 Å². The van der Waals surface area contributed by atoms with E-state index in [9.17, 15) is 0 Å². The highest BCUT2D eigenvalue weighted by atomic mass is 14.7. The zero-order valence-electron chi connectivity index (χ0n) is 23.2. The fourth-order valence-corrected chi connectivity index (χ4v) is 5.52. The van der Waals surface area contributed by atoms with Gasteiger partial charge in [0.05, 0.1) is 11.2 Å². The third kappa shape index (κ3) is 5.75. The summed E-state index contributed by atoms with van der Waals surface area (Å²) >= 11 is 0. The first-order valence-electron chi connectivity index (χ1n) is 14.5. The van der Waals surface area contributed by atoms with Crippen molar-refractivity contribution in [2.75, 3.05) is 0 Å². The molecule has 6 aromatic rings. The van der Waals surface area contributed by atoms with Crippen LogP contribution in [0.15, 0.2) is 133 Å². The van der Waals surface area contributed by atoms with Gasteiger partial charge >= 0.3 is 0 Å². The summed E-state index contributed by atoms with van der Waals surface area (Å²) in [5.41, 5.74) is 11.9. The summed E-state index contributed by atoms with van der Waals surface area (Å²) in [6, 6.07) is 48.0. The molecule has 1 heterocycles. The van der Waals surface area contributed by atoms with E-state index in [1.165, 1.54) is 70.0 Å². The second-order valence-electron chi connectivity index (χ2n) is 10.6. The summed E-state index contributed by atoms with van der Waals surface area (Å²) in [4.78, 5) is 5.16. The van der Waals surface area contributed by atoms with Crippen LogP contribution in [0, 0.1) is 0 Å². The van der Waals surface area contributed by atoms with Crippen LogP contribution < -0.4 is 0 Å². The van der Waals surface area contributed by atoms with Gasteiger partial charge in [0.25, 0.3) is 0 Å². The number of nitrogens with zero attached hydrogens (tertiary/aromatic N) is 1. The average molecular weight is 518 g/mol. The molecule has 0 aliphatic heterocycles. The Morgan fingerprint density at radius 3 is 1.85 bits per heavy atom. The Kier molecular flexibility index (Phi) is 7.82.